The first kappa shape index (κ1) is 27.8. The minimum Gasteiger partial charge on any atom is -0.0847 e. The van der Waals surface area contributed by atoms with Crippen LogP contribution >= 0.6 is 0 Å². The van der Waals surface area contributed by atoms with Gasteiger partial charge in [0, 0.05) is 0 Å². The normalized spacial score (nSPS) is 33.5. The molecule has 0 aromatic heterocycles. The summed E-state index contributed by atoms with van der Waals surface area (Å²) in [6, 6.07) is 0. The van der Waals surface area contributed by atoms with Crippen molar-refractivity contribution in [1.29, 1.82) is 0 Å². The highest BCUT2D eigenvalue weighted by Gasteiger charge is 2.47. The summed E-state index contributed by atoms with van der Waals surface area (Å²) in [5, 5.41) is 0. The first-order valence-corrected chi connectivity index (χ1v) is 13.7. The molecule has 0 radical (unpaired) electrons. The highest BCUT2D eigenvalue weighted by molar-refractivity contribution is 5.16. The second kappa shape index (κ2) is 14.0. The third kappa shape index (κ3) is 7.13. The van der Waals surface area contributed by atoms with Gasteiger partial charge in [0.15, 0.2) is 0 Å². The quantitative estimate of drug-likeness (QED) is 0.258. The number of hydrogen-bond acceptors (Lipinski definition) is 0. The van der Waals surface area contributed by atoms with Gasteiger partial charge in [-0.05, 0) is 85.9 Å². The maximum absolute atomic E-state index is 2.72. The molecule has 0 amide bonds. The first-order chi connectivity index (χ1) is 14.0. The number of hydrogen-bond donors (Lipinski definition) is 0. The molecule has 0 aromatic rings. The molecule has 30 heavy (non-hydrogen) atoms. The molecule has 0 N–H and O–H groups in total. The summed E-state index contributed by atoms with van der Waals surface area (Å²) in [5.74, 6) is 7.94. The van der Waals surface area contributed by atoms with Gasteiger partial charge < -0.3 is 0 Å². The first-order valence-electron chi connectivity index (χ1n) is 13.7. The molecule has 0 saturated heterocycles. The van der Waals surface area contributed by atoms with Crippen LogP contribution in [0.3, 0.4) is 0 Å². The van der Waals surface area contributed by atoms with Crippen LogP contribution in [0.2, 0.25) is 0 Å². The summed E-state index contributed by atoms with van der Waals surface area (Å²) in [6.45, 7) is 16.1. The van der Waals surface area contributed by atoms with Crippen molar-refractivity contribution < 1.29 is 0 Å². The minimum absolute atomic E-state index is 0. The lowest BCUT2D eigenvalue weighted by Crippen LogP contribution is -2.39. The lowest BCUT2D eigenvalue weighted by Gasteiger charge is -2.47. The van der Waals surface area contributed by atoms with E-state index in [4.69, 9.17) is 0 Å². The van der Waals surface area contributed by atoms with Gasteiger partial charge in [-0.3, -0.25) is 0 Å². The Morgan fingerprint density at radius 3 is 2.20 bits per heavy atom. The van der Waals surface area contributed by atoms with E-state index in [0.717, 1.165) is 47.3 Å². The van der Waals surface area contributed by atoms with Gasteiger partial charge in [0.2, 0.25) is 0 Å². The summed E-state index contributed by atoms with van der Waals surface area (Å²) in [7, 11) is 0. The molecule has 0 spiro atoms. The smallest absolute Gasteiger partial charge is 0.0200 e. The molecule has 6 unspecified atom stereocenters. The van der Waals surface area contributed by atoms with E-state index < -0.39 is 0 Å². The zero-order chi connectivity index (χ0) is 21.4. The van der Waals surface area contributed by atoms with Gasteiger partial charge >= 0.3 is 0 Å². The molecule has 3 aliphatic carbocycles. The number of allylic oxidation sites excluding steroid dienone is 2. The molecule has 0 heterocycles. The zero-order valence-corrected chi connectivity index (χ0v) is 21.2. The van der Waals surface area contributed by atoms with E-state index in [0.29, 0.717) is 0 Å². The molecule has 2 saturated carbocycles. The third-order valence-electron chi connectivity index (χ3n) is 8.81. The van der Waals surface area contributed by atoms with Crippen molar-refractivity contribution in [3.05, 3.63) is 11.6 Å². The van der Waals surface area contributed by atoms with Gasteiger partial charge in [-0.25, -0.2) is 0 Å². The van der Waals surface area contributed by atoms with E-state index in [-0.39, 0.29) is 7.43 Å². The van der Waals surface area contributed by atoms with Crippen LogP contribution in [0.4, 0.5) is 0 Å². The van der Waals surface area contributed by atoms with Crippen LogP contribution in [-0.2, 0) is 0 Å². The molecule has 3 aliphatic rings. The van der Waals surface area contributed by atoms with Crippen LogP contribution in [0.25, 0.3) is 0 Å². The van der Waals surface area contributed by atoms with Crippen molar-refractivity contribution in [2.75, 3.05) is 0 Å². The predicted octanol–water partition coefficient (Wildman–Crippen LogP) is 10.3. The number of rotatable bonds is 9. The van der Waals surface area contributed by atoms with Gasteiger partial charge in [-0.1, -0.05) is 106 Å². The van der Waals surface area contributed by atoms with Crippen molar-refractivity contribution in [3.63, 3.8) is 0 Å². The topological polar surface area (TPSA) is 0 Å². The highest BCUT2D eigenvalue weighted by Crippen LogP contribution is 2.57. The lowest BCUT2D eigenvalue weighted by atomic mass is 9.58. The minimum atomic E-state index is 0. The second-order valence-corrected chi connectivity index (χ2v) is 11.1. The zero-order valence-electron chi connectivity index (χ0n) is 21.2. The standard InChI is InChI=1S/C27H48.C2H6.CH4/c1-6-9-20(4)18-23-13-15-26-24(21(23)5)16-17-25-22(12-14-27(25)26)11-8-7-10-19(2)3;1-2;/h13,19-22,24-27H,6-12,14-18H2,1-5H3;1-2H3;1H4/t20?,21-,22?,24?,25?,26?,27?;;/m1../s1. The molecule has 7 atom stereocenters. The predicted molar refractivity (Wildman–Crippen MR) is 138 cm³/mol. The van der Waals surface area contributed by atoms with Gasteiger partial charge in [-0.15, -0.1) is 0 Å². The molecular formula is C30H58. The number of unbranched alkanes of at least 4 members (excludes halogenated alkanes) is 1. The fraction of sp³-hybridized carbons (Fsp3) is 0.933. The summed E-state index contributed by atoms with van der Waals surface area (Å²) in [5.41, 5.74) is 1.83. The summed E-state index contributed by atoms with van der Waals surface area (Å²) >= 11 is 0. The lowest BCUT2D eigenvalue weighted by molar-refractivity contribution is 0.0601. The fourth-order valence-corrected chi connectivity index (χ4v) is 7.38. The van der Waals surface area contributed by atoms with Crippen molar-refractivity contribution in [1.82, 2.24) is 0 Å². The Hall–Kier alpha value is -0.260. The van der Waals surface area contributed by atoms with Crippen LogP contribution in [0.5, 0.6) is 0 Å². The molecule has 3 rings (SSSR count). The van der Waals surface area contributed by atoms with Crippen molar-refractivity contribution >= 4 is 0 Å². The highest BCUT2D eigenvalue weighted by atomic mass is 14.5. The molecule has 0 aromatic carbocycles. The maximum atomic E-state index is 2.72. The Bertz CT molecular complexity index is 472. The van der Waals surface area contributed by atoms with Crippen LogP contribution in [0.15, 0.2) is 11.6 Å². The third-order valence-corrected chi connectivity index (χ3v) is 8.81. The summed E-state index contributed by atoms with van der Waals surface area (Å²) in [6.07, 6.45) is 20.4. The molecule has 0 nitrogen and oxygen atoms in total. The second-order valence-electron chi connectivity index (χ2n) is 11.1. The van der Waals surface area contributed by atoms with E-state index >= 15 is 0 Å². The van der Waals surface area contributed by atoms with E-state index in [1.807, 2.05) is 19.4 Å². The van der Waals surface area contributed by atoms with Crippen molar-refractivity contribution in [3.8, 4) is 0 Å². The van der Waals surface area contributed by atoms with E-state index in [1.54, 1.807) is 19.3 Å². The van der Waals surface area contributed by atoms with Crippen LogP contribution < -0.4 is 0 Å². The largest absolute Gasteiger partial charge is 0.0847 e. The van der Waals surface area contributed by atoms with E-state index in [1.165, 1.54) is 57.8 Å². The van der Waals surface area contributed by atoms with Gasteiger partial charge in [-0.2, -0.15) is 0 Å². The van der Waals surface area contributed by atoms with Crippen LogP contribution in [-0.4, -0.2) is 0 Å². The summed E-state index contributed by atoms with van der Waals surface area (Å²) in [4.78, 5) is 0. The van der Waals surface area contributed by atoms with Crippen molar-refractivity contribution in [2.24, 2.45) is 47.3 Å². The molecule has 0 aliphatic heterocycles. The average molecular weight is 419 g/mol. The Morgan fingerprint density at radius 1 is 0.867 bits per heavy atom. The van der Waals surface area contributed by atoms with Crippen molar-refractivity contribution in [2.45, 2.75) is 133 Å². The molecule has 178 valence electrons. The molecule has 0 heteroatoms. The Kier molecular flexibility index (Phi) is 13.0. The van der Waals surface area contributed by atoms with Gasteiger partial charge in [0.05, 0.1) is 0 Å². The summed E-state index contributed by atoms with van der Waals surface area (Å²) < 4.78 is 0. The molecule has 0 bridgehead atoms. The average Bonchev–Trinajstić information content (AvgIpc) is 3.12. The Morgan fingerprint density at radius 2 is 1.53 bits per heavy atom. The maximum Gasteiger partial charge on any atom is -0.0200 e. The van der Waals surface area contributed by atoms with E-state index in [9.17, 15) is 0 Å². The van der Waals surface area contributed by atoms with Crippen LogP contribution in [0, 0.1) is 47.3 Å². The Balaban J connectivity index is 0.00000146. The Labute approximate surface area is 192 Å². The fourth-order valence-electron chi connectivity index (χ4n) is 7.38. The molecular weight excluding hydrogens is 360 g/mol. The molecule has 2 fully saturated rings. The van der Waals surface area contributed by atoms with E-state index in [2.05, 4.69) is 40.7 Å². The SMILES string of the molecule is C.CC.CCCC(C)CC1=CCC2C3CCC(CCCCC(C)C)C3CCC2[C@@H]1C. The van der Waals surface area contributed by atoms with Gasteiger partial charge in [0.1, 0.15) is 0 Å². The van der Waals surface area contributed by atoms with Gasteiger partial charge in [0.25, 0.3) is 0 Å². The number of fused-ring (bicyclic) bond motifs is 3. The van der Waals surface area contributed by atoms with Crippen LogP contribution in [0.1, 0.15) is 133 Å². The monoisotopic (exact) mass is 418 g/mol.